The van der Waals surface area contributed by atoms with Crippen molar-refractivity contribution in [1.82, 2.24) is 10.6 Å². The standard InChI is InChI=1S/C14H26N2O2S/c1-10(2)15-13(17)11(3)16-12-4-6-18-14(8-12)5-7-19-9-14/h10-12,16H,4-9H2,1-3H3,(H,15,17). The zero-order valence-electron chi connectivity index (χ0n) is 12.2. The molecule has 2 aliphatic heterocycles. The molecule has 2 heterocycles. The second-order valence-corrected chi connectivity index (χ2v) is 7.18. The molecule has 0 aromatic heterocycles. The van der Waals surface area contributed by atoms with Crippen LogP contribution >= 0.6 is 11.8 Å². The highest BCUT2D eigenvalue weighted by Gasteiger charge is 2.40. The lowest BCUT2D eigenvalue weighted by Crippen LogP contribution is -2.53. The number of hydrogen-bond acceptors (Lipinski definition) is 4. The van der Waals surface area contributed by atoms with E-state index in [-0.39, 0.29) is 23.6 Å². The molecule has 0 radical (unpaired) electrons. The zero-order chi connectivity index (χ0) is 13.9. The number of nitrogens with one attached hydrogen (secondary N) is 2. The lowest BCUT2D eigenvalue weighted by atomic mass is 9.89. The predicted molar refractivity (Wildman–Crippen MR) is 79.5 cm³/mol. The van der Waals surface area contributed by atoms with Crippen molar-refractivity contribution in [1.29, 1.82) is 0 Å². The Kier molecular flexibility index (Phi) is 5.15. The highest BCUT2D eigenvalue weighted by molar-refractivity contribution is 7.99. The molecular weight excluding hydrogens is 260 g/mol. The van der Waals surface area contributed by atoms with Gasteiger partial charge in [-0.25, -0.2) is 0 Å². The Morgan fingerprint density at radius 3 is 2.84 bits per heavy atom. The summed E-state index contributed by atoms with van der Waals surface area (Å²) in [6.07, 6.45) is 3.20. The molecule has 1 spiro atoms. The molecule has 2 N–H and O–H groups in total. The Hall–Kier alpha value is -0.260. The Morgan fingerprint density at radius 1 is 1.42 bits per heavy atom. The van der Waals surface area contributed by atoms with E-state index in [0.717, 1.165) is 31.6 Å². The second-order valence-electron chi connectivity index (χ2n) is 6.08. The summed E-state index contributed by atoms with van der Waals surface area (Å²) in [5.41, 5.74) is 0.0782. The van der Waals surface area contributed by atoms with Crippen molar-refractivity contribution in [2.24, 2.45) is 0 Å². The van der Waals surface area contributed by atoms with E-state index < -0.39 is 0 Å². The molecule has 3 atom stereocenters. The molecule has 4 nitrogen and oxygen atoms in total. The molecule has 19 heavy (non-hydrogen) atoms. The summed E-state index contributed by atoms with van der Waals surface area (Å²) >= 11 is 1.98. The number of ether oxygens (including phenoxy) is 1. The van der Waals surface area contributed by atoms with Crippen molar-refractivity contribution in [3.8, 4) is 0 Å². The lowest BCUT2D eigenvalue weighted by molar-refractivity contribution is -0.124. The van der Waals surface area contributed by atoms with Crippen LogP contribution < -0.4 is 10.6 Å². The summed E-state index contributed by atoms with van der Waals surface area (Å²) in [4.78, 5) is 11.9. The van der Waals surface area contributed by atoms with Gasteiger partial charge in [0.25, 0.3) is 0 Å². The first-order valence-corrected chi connectivity index (χ1v) is 8.44. The van der Waals surface area contributed by atoms with Gasteiger partial charge in [-0.1, -0.05) is 0 Å². The number of thioether (sulfide) groups is 1. The Morgan fingerprint density at radius 2 is 2.21 bits per heavy atom. The van der Waals surface area contributed by atoms with Gasteiger partial charge < -0.3 is 15.4 Å². The van der Waals surface area contributed by atoms with Crippen molar-refractivity contribution in [2.75, 3.05) is 18.1 Å². The molecule has 0 bridgehead atoms. The topological polar surface area (TPSA) is 50.4 Å². The van der Waals surface area contributed by atoms with Gasteiger partial charge in [0.2, 0.25) is 5.91 Å². The van der Waals surface area contributed by atoms with Gasteiger partial charge in [-0.05, 0) is 45.8 Å². The summed E-state index contributed by atoms with van der Waals surface area (Å²) < 4.78 is 6.00. The van der Waals surface area contributed by atoms with Gasteiger partial charge in [-0.15, -0.1) is 0 Å². The number of amides is 1. The normalized spacial score (nSPS) is 32.7. The first-order chi connectivity index (χ1) is 9.01. The van der Waals surface area contributed by atoms with Gasteiger partial charge in [0, 0.05) is 24.4 Å². The fourth-order valence-electron chi connectivity index (χ4n) is 2.87. The van der Waals surface area contributed by atoms with E-state index in [9.17, 15) is 4.79 Å². The van der Waals surface area contributed by atoms with Crippen molar-refractivity contribution in [3.63, 3.8) is 0 Å². The molecule has 2 aliphatic rings. The van der Waals surface area contributed by atoms with Crippen LogP contribution in [0.5, 0.6) is 0 Å². The third kappa shape index (κ3) is 4.10. The monoisotopic (exact) mass is 286 g/mol. The van der Waals surface area contributed by atoms with Crippen LogP contribution in [0.3, 0.4) is 0 Å². The summed E-state index contributed by atoms with van der Waals surface area (Å²) in [6, 6.07) is 0.473. The van der Waals surface area contributed by atoms with Gasteiger partial charge >= 0.3 is 0 Å². The number of rotatable bonds is 4. The maximum Gasteiger partial charge on any atom is 0.237 e. The zero-order valence-corrected chi connectivity index (χ0v) is 13.0. The summed E-state index contributed by atoms with van der Waals surface area (Å²) in [7, 11) is 0. The van der Waals surface area contributed by atoms with Crippen LogP contribution in [-0.4, -0.2) is 47.7 Å². The maximum atomic E-state index is 11.9. The van der Waals surface area contributed by atoms with E-state index in [1.165, 1.54) is 5.75 Å². The molecule has 110 valence electrons. The minimum absolute atomic E-state index is 0.0782. The number of carbonyl (C=O) groups is 1. The average molecular weight is 286 g/mol. The fraction of sp³-hybridized carbons (Fsp3) is 0.929. The van der Waals surface area contributed by atoms with Crippen molar-refractivity contribution < 1.29 is 9.53 Å². The minimum atomic E-state index is -0.128. The Labute approximate surface area is 120 Å². The van der Waals surface area contributed by atoms with Gasteiger partial charge in [-0.2, -0.15) is 11.8 Å². The van der Waals surface area contributed by atoms with E-state index in [1.807, 2.05) is 32.5 Å². The van der Waals surface area contributed by atoms with Gasteiger partial charge in [-0.3, -0.25) is 4.79 Å². The molecule has 5 heteroatoms. The van der Waals surface area contributed by atoms with Crippen molar-refractivity contribution >= 4 is 17.7 Å². The van der Waals surface area contributed by atoms with Crippen LogP contribution in [-0.2, 0) is 9.53 Å². The van der Waals surface area contributed by atoms with E-state index in [1.54, 1.807) is 0 Å². The van der Waals surface area contributed by atoms with Crippen molar-refractivity contribution in [3.05, 3.63) is 0 Å². The quantitative estimate of drug-likeness (QED) is 0.823. The average Bonchev–Trinajstić information content (AvgIpc) is 2.76. The summed E-state index contributed by atoms with van der Waals surface area (Å²) in [6.45, 7) is 6.74. The van der Waals surface area contributed by atoms with Crippen LogP contribution in [0, 0.1) is 0 Å². The lowest BCUT2D eigenvalue weighted by Gasteiger charge is -2.39. The maximum absolute atomic E-state index is 11.9. The van der Waals surface area contributed by atoms with Gasteiger partial charge in [0.15, 0.2) is 0 Å². The molecule has 0 saturated carbocycles. The van der Waals surface area contributed by atoms with E-state index >= 15 is 0 Å². The van der Waals surface area contributed by atoms with Crippen LogP contribution in [0.2, 0.25) is 0 Å². The molecule has 0 aliphatic carbocycles. The summed E-state index contributed by atoms with van der Waals surface area (Å²) in [5, 5.41) is 6.43. The molecule has 2 rings (SSSR count). The third-order valence-electron chi connectivity index (χ3n) is 3.87. The first kappa shape index (κ1) is 15.1. The van der Waals surface area contributed by atoms with E-state index in [2.05, 4.69) is 10.6 Å². The first-order valence-electron chi connectivity index (χ1n) is 7.29. The van der Waals surface area contributed by atoms with E-state index in [0.29, 0.717) is 6.04 Å². The Bertz CT molecular complexity index is 317. The van der Waals surface area contributed by atoms with Crippen LogP contribution in [0.1, 0.15) is 40.0 Å². The SMILES string of the molecule is CC(C)NC(=O)C(C)NC1CCOC2(CCSC2)C1. The highest BCUT2D eigenvalue weighted by Crippen LogP contribution is 2.38. The molecule has 0 aromatic carbocycles. The van der Waals surface area contributed by atoms with Crippen molar-refractivity contribution in [2.45, 2.75) is 63.8 Å². The van der Waals surface area contributed by atoms with Gasteiger partial charge in [0.1, 0.15) is 0 Å². The van der Waals surface area contributed by atoms with Crippen LogP contribution in [0.4, 0.5) is 0 Å². The number of hydrogen-bond donors (Lipinski definition) is 2. The third-order valence-corrected chi connectivity index (χ3v) is 5.09. The van der Waals surface area contributed by atoms with Gasteiger partial charge in [0.05, 0.1) is 11.6 Å². The van der Waals surface area contributed by atoms with E-state index in [4.69, 9.17) is 4.74 Å². The fourth-order valence-corrected chi connectivity index (χ4v) is 4.25. The largest absolute Gasteiger partial charge is 0.374 e. The molecular formula is C14H26N2O2S. The second kappa shape index (κ2) is 6.46. The highest BCUT2D eigenvalue weighted by atomic mass is 32.2. The molecule has 3 unspecified atom stereocenters. The van der Waals surface area contributed by atoms with Crippen LogP contribution in [0.25, 0.3) is 0 Å². The summed E-state index contributed by atoms with van der Waals surface area (Å²) in [5.74, 6) is 2.41. The molecule has 2 saturated heterocycles. The van der Waals surface area contributed by atoms with Crippen LogP contribution in [0.15, 0.2) is 0 Å². The molecule has 1 amide bonds. The molecule has 0 aromatic rings. The smallest absolute Gasteiger partial charge is 0.237 e. The predicted octanol–water partition coefficient (Wildman–Crippen LogP) is 1.54. The minimum Gasteiger partial charge on any atom is -0.374 e. The number of carbonyl (C=O) groups excluding carboxylic acids is 1. The Balaban J connectivity index is 1.83. The molecule has 2 fully saturated rings.